The monoisotopic (exact) mass is 452 g/mol. The number of rotatable bonds is 5. The summed E-state index contributed by atoms with van der Waals surface area (Å²) in [5, 5.41) is 0. The molecule has 4 heteroatoms. The van der Waals surface area contributed by atoms with Crippen LogP contribution in [0.4, 0.5) is 0 Å². The number of carbonyl (C=O) groups excluding carboxylic acids is 2. The highest BCUT2D eigenvalue weighted by Crippen LogP contribution is 2.92. The van der Waals surface area contributed by atoms with Crippen LogP contribution in [0, 0.1) is 76.4 Å². The SMILES string of the molecule is CCC(C)C(=O)OC1CC2C3C1C1CC4CC(C(=O)OC5(C)C6CC7CC(C6)C5C7)CC4C123. The van der Waals surface area contributed by atoms with Crippen molar-refractivity contribution in [1.82, 2.24) is 0 Å². The van der Waals surface area contributed by atoms with Gasteiger partial charge in [-0.3, -0.25) is 9.59 Å². The van der Waals surface area contributed by atoms with E-state index in [1.54, 1.807) is 0 Å². The summed E-state index contributed by atoms with van der Waals surface area (Å²) in [5.74, 6) is 7.74. The summed E-state index contributed by atoms with van der Waals surface area (Å²) in [5.41, 5.74) is 0.357. The largest absolute Gasteiger partial charge is 0.462 e. The van der Waals surface area contributed by atoms with Crippen LogP contribution >= 0.6 is 0 Å². The summed E-state index contributed by atoms with van der Waals surface area (Å²) < 4.78 is 12.5. The lowest BCUT2D eigenvalue weighted by Crippen LogP contribution is -2.48. The first kappa shape index (κ1) is 20.2. The lowest BCUT2D eigenvalue weighted by molar-refractivity contribution is -0.177. The Balaban J connectivity index is 0.936. The van der Waals surface area contributed by atoms with Crippen LogP contribution in [0.5, 0.6) is 0 Å². The lowest BCUT2D eigenvalue weighted by Gasteiger charge is -2.47. The molecule has 15 unspecified atom stereocenters. The molecule has 15 atom stereocenters. The van der Waals surface area contributed by atoms with Crippen LogP contribution in [0.3, 0.4) is 0 Å². The Kier molecular flexibility index (Phi) is 3.78. The van der Waals surface area contributed by atoms with Crippen LogP contribution in [-0.2, 0) is 19.1 Å². The fraction of sp³-hybridized carbons (Fsp3) is 0.931. The van der Waals surface area contributed by atoms with Gasteiger partial charge >= 0.3 is 11.9 Å². The van der Waals surface area contributed by atoms with Gasteiger partial charge in [0.1, 0.15) is 11.7 Å². The van der Waals surface area contributed by atoms with Gasteiger partial charge in [-0.15, -0.1) is 0 Å². The number of hydrogen-bond donors (Lipinski definition) is 0. The molecule has 4 nitrogen and oxygen atoms in total. The normalized spacial score (nSPS) is 60.7. The van der Waals surface area contributed by atoms with Crippen molar-refractivity contribution >= 4 is 11.9 Å². The predicted molar refractivity (Wildman–Crippen MR) is 122 cm³/mol. The van der Waals surface area contributed by atoms with Crippen molar-refractivity contribution in [2.24, 2.45) is 76.4 Å². The van der Waals surface area contributed by atoms with Crippen LogP contribution in [0.25, 0.3) is 0 Å². The third kappa shape index (κ3) is 2.22. The smallest absolute Gasteiger partial charge is 0.309 e. The summed E-state index contributed by atoms with van der Waals surface area (Å²) >= 11 is 0. The second kappa shape index (κ2) is 6.19. The fourth-order valence-electron chi connectivity index (χ4n) is 12.1. The van der Waals surface area contributed by atoms with Crippen molar-refractivity contribution in [1.29, 1.82) is 0 Å². The molecule has 0 N–H and O–H groups in total. The molecule has 9 rings (SSSR count). The molecule has 9 aliphatic rings. The first-order chi connectivity index (χ1) is 15.9. The van der Waals surface area contributed by atoms with E-state index in [1.807, 2.05) is 6.92 Å². The quantitative estimate of drug-likeness (QED) is 0.535. The van der Waals surface area contributed by atoms with Crippen molar-refractivity contribution in [2.45, 2.75) is 90.3 Å². The maximum atomic E-state index is 13.5. The molecule has 0 heterocycles. The van der Waals surface area contributed by atoms with Crippen LogP contribution < -0.4 is 0 Å². The number of ether oxygens (including phenoxy) is 2. The Bertz CT molecular complexity index is 919. The molecule has 0 saturated heterocycles. The Labute approximate surface area is 197 Å². The van der Waals surface area contributed by atoms with E-state index < -0.39 is 0 Å². The summed E-state index contributed by atoms with van der Waals surface area (Å²) in [6.45, 7) is 6.34. The molecular formula is C29H40O4. The lowest BCUT2D eigenvalue weighted by atomic mass is 9.59. The molecule has 0 aliphatic heterocycles. The van der Waals surface area contributed by atoms with E-state index in [1.165, 1.54) is 32.1 Å². The first-order valence-corrected chi connectivity index (χ1v) is 14.3. The third-order valence-electron chi connectivity index (χ3n) is 13.4. The van der Waals surface area contributed by atoms with Gasteiger partial charge in [-0.05, 0) is 117 Å². The first-order valence-electron chi connectivity index (χ1n) is 14.3. The van der Waals surface area contributed by atoms with Crippen molar-refractivity contribution < 1.29 is 19.1 Å². The standard InChI is InChI=1S/C29H40O4/c1-4-13(2)26(30)32-23-12-22-25-24(23)21-10-16-8-17(11-20(16)29(21,22)25)27(31)33-28(3)18-6-14-5-15(9-18)19(28)7-14/h13-25H,4-12H2,1-3H3. The van der Waals surface area contributed by atoms with E-state index >= 15 is 0 Å². The zero-order valence-corrected chi connectivity index (χ0v) is 20.5. The summed E-state index contributed by atoms with van der Waals surface area (Å²) in [7, 11) is 0. The molecule has 0 amide bonds. The van der Waals surface area contributed by atoms with E-state index in [9.17, 15) is 9.59 Å². The molecule has 0 aromatic heterocycles. The van der Waals surface area contributed by atoms with Gasteiger partial charge in [0.05, 0.1) is 11.8 Å². The van der Waals surface area contributed by atoms with E-state index in [4.69, 9.17) is 9.47 Å². The van der Waals surface area contributed by atoms with Crippen molar-refractivity contribution in [3.8, 4) is 0 Å². The van der Waals surface area contributed by atoms with E-state index in [2.05, 4.69) is 13.8 Å². The molecule has 0 radical (unpaired) electrons. The zero-order valence-electron chi connectivity index (χ0n) is 20.5. The minimum Gasteiger partial charge on any atom is -0.462 e. The molecular weight excluding hydrogens is 412 g/mol. The molecule has 9 fully saturated rings. The van der Waals surface area contributed by atoms with Crippen LogP contribution in [0.1, 0.15) is 78.6 Å². The zero-order chi connectivity index (χ0) is 22.4. The molecule has 33 heavy (non-hydrogen) atoms. The second-order valence-electron chi connectivity index (χ2n) is 14.1. The molecule has 180 valence electrons. The number of hydrogen-bond acceptors (Lipinski definition) is 4. The number of carbonyl (C=O) groups is 2. The minimum absolute atomic E-state index is 0.0185. The van der Waals surface area contributed by atoms with Gasteiger partial charge in [0.2, 0.25) is 0 Å². The summed E-state index contributed by atoms with van der Waals surface area (Å²) in [4.78, 5) is 25.9. The van der Waals surface area contributed by atoms with Crippen LogP contribution in [0.15, 0.2) is 0 Å². The molecule has 9 saturated carbocycles. The Morgan fingerprint density at radius 2 is 1.73 bits per heavy atom. The average Bonchev–Trinajstić information content (AvgIpc) is 3.28. The topological polar surface area (TPSA) is 52.6 Å². The maximum absolute atomic E-state index is 13.5. The predicted octanol–water partition coefficient (Wildman–Crippen LogP) is 5.24. The summed E-state index contributed by atoms with van der Waals surface area (Å²) in [6.07, 6.45) is 10.8. The molecule has 9 aliphatic carbocycles. The highest BCUT2D eigenvalue weighted by molar-refractivity contribution is 5.74. The van der Waals surface area contributed by atoms with Crippen LogP contribution in [0.2, 0.25) is 0 Å². The summed E-state index contributed by atoms with van der Waals surface area (Å²) in [6, 6.07) is 0. The van der Waals surface area contributed by atoms with Gasteiger partial charge in [-0.2, -0.15) is 0 Å². The molecule has 1 spiro atoms. The molecule has 0 aromatic carbocycles. The van der Waals surface area contributed by atoms with E-state index in [0.717, 1.165) is 61.2 Å². The fourth-order valence-corrected chi connectivity index (χ4v) is 12.1. The van der Waals surface area contributed by atoms with Crippen molar-refractivity contribution in [3.63, 3.8) is 0 Å². The molecule has 4 bridgehead atoms. The average molecular weight is 453 g/mol. The number of fused-ring (bicyclic) bond motifs is 2. The van der Waals surface area contributed by atoms with E-state index in [-0.39, 0.29) is 35.5 Å². The highest BCUT2D eigenvalue weighted by atomic mass is 16.6. The van der Waals surface area contributed by atoms with Gasteiger partial charge in [-0.1, -0.05) is 13.8 Å². The maximum Gasteiger partial charge on any atom is 0.309 e. The minimum atomic E-state index is -0.169. The third-order valence-corrected chi connectivity index (χ3v) is 13.4. The molecule has 0 aromatic rings. The van der Waals surface area contributed by atoms with Crippen molar-refractivity contribution in [3.05, 3.63) is 0 Å². The van der Waals surface area contributed by atoms with Gasteiger partial charge in [0.25, 0.3) is 0 Å². The van der Waals surface area contributed by atoms with Crippen molar-refractivity contribution in [2.75, 3.05) is 0 Å². The van der Waals surface area contributed by atoms with E-state index in [0.29, 0.717) is 29.1 Å². The Morgan fingerprint density at radius 3 is 2.48 bits per heavy atom. The number of esters is 2. The van der Waals surface area contributed by atoms with Gasteiger partial charge in [-0.25, -0.2) is 0 Å². The van der Waals surface area contributed by atoms with Gasteiger partial charge in [0.15, 0.2) is 0 Å². The van der Waals surface area contributed by atoms with Gasteiger partial charge in [0, 0.05) is 11.8 Å². The second-order valence-corrected chi connectivity index (χ2v) is 14.1. The van der Waals surface area contributed by atoms with Crippen LogP contribution in [-0.4, -0.2) is 23.6 Å². The highest BCUT2D eigenvalue weighted by Gasteiger charge is 2.90. The Hall–Kier alpha value is -1.06. The Morgan fingerprint density at radius 1 is 0.909 bits per heavy atom. The van der Waals surface area contributed by atoms with Gasteiger partial charge < -0.3 is 9.47 Å².